The van der Waals surface area contributed by atoms with Gasteiger partial charge in [-0.05, 0) is 0 Å². The summed E-state index contributed by atoms with van der Waals surface area (Å²) >= 11 is 0. The second kappa shape index (κ2) is 8.61. The minimum absolute atomic E-state index is 0.0719. The van der Waals surface area contributed by atoms with E-state index in [2.05, 4.69) is 0 Å². The highest BCUT2D eigenvalue weighted by Crippen LogP contribution is 2.42. The van der Waals surface area contributed by atoms with E-state index in [-0.39, 0.29) is 49.7 Å². The molecule has 4 saturated heterocycles. The first kappa shape index (κ1) is 22.2. The van der Waals surface area contributed by atoms with Gasteiger partial charge in [-0.3, -0.25) is 13.9 Å². The van der Waals surface area contributed by atoms with Crippen molar-refractivity contribution >= 4 is 0 Å². The fraction of sp³-hybridized carbons (Fsp3) is 0.800. The standard InChI is InChI=1S/C20H28N2O10/c1-25-18(26-2)16-14-12(31-14)9(29-16)7-21-6-5-11(23)22(20(21)24)8-10-13-15(32-13)17(30-10)19(27-3)28-4/h5-6,9-10,12-19H,7-8H2,1-4H3/t9-,10-,12+,13+,14+,15+,16+,17+/m0/s1. The molecule has 0 aliphatic carbocycles. The second-order valence-electron chi connectivity index (χ2n) is 8.29. The van der Waals surface area contributed by atoms with Gasteiger partial charge in [-0.1, -0.05) is 0 Å². The van der Waals surface area contributed by atoms with Crippen LogP contribution in [0.25, 0.3) is 0 Å². The molecule has 12 nitrogen and oxygen atoms in total. The molecule has 1 aromatic heterocycles. The average Bonchev–Trinajstić information content (AvgIpc) is 3.70. The van der Waals surface area contributed by atoms with Gasteiger partial charge < -0.3 is 37.9 Å². The first-order chi connectivity index (χ1) is 15.5. The summed E-state index contributed by atoms with van der Waals surface area (Å²) in [6, 6.07) is 1.36. The van der Waals surface area contributed by atoms with Gasteiger partial charge in [-0.25, -0.2) is 4.79 Å². The lowest BCUT2D eigenvalue weighted by atomic mass is 10.2. The molecule has 0 spiro atoms. The third-order valence-corrected chi connectivity index (χ3v) is 6.51. The van der Waals surface area contributed by atoms with E-state index < -0.39 is 36.0 Å². The van der Waals surface area contributed by atoms with Crippen molar-refractivity contribution in [2.75, 3.05) is 28.4 Å². The summed E-state index contributed by atoms with van der Waals surface area (Å²) in [4.78, 5) is 25.6. The summed E-state index contributed by atoms with van der Waals surface area (Å²) in [5.41, 5.74) is -0.855. The van der Waals surface area contributed by atoms with E-state index in [1.54, 1.807) is 0 Å². The van der Waals surface area contributed by atoms with Crippen LogP contribution >= 0.6 is 0 Å². The number of fused-ring (bicyclic) bond motifs is 2. The molecule has 0 unspecified atom stereocenters. The molecular weight excluding hydrogens is 428 g/mol. The number of nitrogens with zero attached hydrogens (tertiary/aromatic N) is 2. The highest BCUT2D eigenvalue weighted by molar-refractivity contribution is 5.06. The topological polar surface area (TPSA) is 124 Å². The number of rotatable bonds is 10. The van der Waals surface area contributed by atoms with Crippen molar-refractivity contribution in [1.82, 2.24) is 9.13 Å². The Morgan fingerprint density at radius 3 is 1.78 bits per heavy atom. The van der Waals surface area contributed by atoms with E-state index in [1.165, 1.54) is 45.3 Å². The Morgan fingerprint density at radius 1 is 0.781 bits per heavy atom. The molecule has 12 heteroatoms. The molecule has 4 aliphatic heterocycles. The number of methoxy groups -OCH3 is 4. The van der Waals surface area contributed by atoms with E-state index in [9.17, 15) is 9.59 Å². The Morgan fingerprint density at radius 2 is 1.28 bits per heavy atom. The van der Waals surface area contributed by atoms with Gasteiger partial charge in [-0.2, -0.15) is 0 Å². The van der Waals surface area contributed by atoms with Gasteiger partial charge in [0.25, 0.3) is 5.56 Å². The van der Waals surface area contributed by atoms with Gasteiger partial charge in [-0.15, -0.1) is 0 Å². The van der Waals surface area contributed by atoms with Crippen molar-refractivity contribution in [2.24, 2.45) is 0 Å². The molecule has 0 N–H and O–H groups in total. The fourth-order valence-corrected chi connectivity index (χ4v) is 4.81. The summed E-state index contributed by atoms with van der Waals surface area (Å²) in [7, 11) is 6.11. The van der Waals surface area contributed by atoms with Gasteiger partial charge in [0.1, 0.15) is 48.8 Å². The van der Waals surface area contributed by atoms with Crippen LogP contribution in [0.15, 0.2) is 21.9 Å². The zero-order chi connectivity index (χ0) is 22.6. The maximum atomic E-state index is 13.1. The first-order valence-corrected chi connectivity index (χ1v) is 10.5. The predicted molar refractivity (Wildman–Crippen MR) is 105 cm³/mol. The Balaban J connectivity index is 1.29. The van der Waals surface area contributed by atoms with Gasteiger partial charge in [0.15, 0.2) is 12.6 Å². The van der Waals surface area contributed by atoms with Crippen molar-refractivity contribution < 1.29 is 37.9 Å². The quantitative estimate of drug-likeness (QED) is 0.298. The van der Waals surface area contributed by atoms with Crippen LogP contribution in [0.2, 0.25) is 0 Å². The van der Waals surface area contributed by atoms with E-state index in [0.717, 1.165) is 4.57 Å². The number of epoxide rings is 2. The molecule has 0 radical (unpaired) electrons. The average molecular weight is 456 g/mol. The van der Waals surface area contributed by atoms with Crippen LogP contribution < -0.4 is 11.2 Å². The maximum absolute atomic E-state index is 13.1. The van der Waals surface area contributed by atoms with Gasteiger partial charge >= 0.3 is 5.69 Å². The van der Waals surface area contributed by atoms with E-state index in [0.29, 0.717) is 0 Å². The van der Waals surface area contributed by atoms with Crippen molar-refractivity contribution in [3.8, 4) is 0 Å². The number of hydrogen-bond acceptors (Lipinski definition) is 10. The fourth-order valence-electron chi connectivity index (χ4n) is 4.81. The normalized spacial score (nSPS) is 37.2. The van der Waals surface area contributed by atoms with Crippen LogP contribution in [-0.2, 0) is 51.0 Å². The van der Waals surface area contributed by atoms with E-state index in [4.69, 9.17) is 37.9 Å². The molecule has 5 heterocycles. The van der Waals surface area contributed by atoms with Crippen LogP contribution in [0.4, 0.5) is 0 Å². The SMILES string of the molecule is COC(OC)[C@@H]1O[C@@H](Cn2ccc(=O)n(C[C@@H]3O[C@@H](C(OC)OC)[C@@H]4O[C@@H]43)c2=O)[C@H]2O[C@H]21. The van der Waals surface area contributed by atoms with E-state index in [1.807, 2.05) is 0 Å². The molecule has 4 aliphatic rings. The van der Waals surface area contributed by atoms with Crippen molar-refractivity contribution in [3.63, 3.8) is 0 Å². The molecule has 0 bridgehead atoms. The highest BCUT2D eigenvalue weighted by atomic mass is 16.7. The van der Waals surface area contributed by atoms with Crippen LogP contribution in [0.3, 0.4) is 0 Å². The zero-order valence-corrected chi connectivity index (χ0v) is 18.3. The smallest absolute Gasteiger partial charge is 0.331 e. The molecule has 1 aromatic rings. The van der Waals surface area contributed by atoms with Crippen molar-refractivity contribution in [3.05, 3.63) is 33.1 Å². The minimum atomic E-state index is -0.582. The largest absolute Gasteiger partial charge is 0.364 e. The number of ether oxygens (including phenoxy) is 8. The lowest BCUT2D eigenvalue weighted by Gasteiger charge is -2.24. The Hall–Kier alpha value is -1.64. The van der Waals surface area contributed by atoms with Gasteiger partial charge in [0, 0.05) is 40.7 Å². The summed E-state index contributed by atoms with van der Waals surface area (Å²) in [6.45, 7) is 0.311. The zero-order valence-electron chi connectivity index (χ0n) is 18.3. The number of hydrogen-bond donors (Lipinski definition) is 0. The lowest BCUT2D eigenvalue weighted by Crippen LogP contribution is -2.45. The molecule has 4 fully saturated rings. The van der Waals surface area contributed by atoms with E-state index >= 15 is 0 Å². The molecule has 0 saturated carbocycles. The summed E-state index contributed by atoms with van der Waals surface area (Å²) in [5.74, 6) is 0. The second-order valence-corrected chi connectivity index (χ2v) is 8.29. The van der Waals surface area contributed by atoms with Crippen LogP contribution in [-0.4, -0.2) is 99.0 Å². The first-order valence-electron chi connectivity index (χ1n) is 10.5. The van der Waals surface area contributed by atoms with Crippen LogP contribution in [0.1, 0.15) is 0 Å². The highest BCUT2D eigenvalue weighted by Gasteiger charge is 2.61. The summed E-state index contributed by atoms with van der Waals surface area (Å²) in [5, 5.41) is 0. The molecule has 32 heavy (non-hydrogen) atoms. The summed E-state index contributed by atoms with van der Waals surface area (Å²) < 4.78 is 47.1. The maximum Gasteiger partial charge on any atom is 0.331 e. The van der Waals surface area contributed by atoms with Crippen LogP contribution in [0.5, 0.6) is 0 Å². The Labute approximate surface area is 183 Å². The van der Waals surface area contributed by atoms with Crippen LogP contribution in [0, 0.1) is 0 Å². The molecule has 5 rings (SSSR count). The third-order valence-electron chi connectivity index (χ3n) is 6.51. The predicted octanol–water partition coefficient (Wildman–Crippen LogP) is -1.68. The Bertz CT molecular complexity index is 941. The molecule has 178 valence electrons. The molecule has 0 aromatic carbocycles. The lowest BCUT2D eigenvalue weighted by molar-refractivity contribution is -0.197. The van der Waals surface area contributed by atoms with Crippen molar-refractivity contribution in [2.45, 2.75) is 74.5 Å². The van der Waals surface area contributed by atoms with Gasteiger partial charge in [0.05, 0.1) is 13.1 Å². The Kier molecular flexibility index (Phi) is 5.97. The monoisotopic (exact) mass is 456 g/mol. The molecular formula is C20H28N2O10. The van der Waals surface area contributed by atoms with Crippen molar-refractivity contribution in [1.29, 1.82) is 0 Å². The minimum Gasteiger partial charge on any atom is -0.364 e. The molecule has 0 amide bonds. The third kappa shape index (κ3) is 3.74. The number of aromatic nitrogens is 2. The molecule has 8 atom stereocenters. The van der Waals surface area contributed by atoms with Gasteiger partial charge in [0.2, 0.25) is 0 Å². The summed E-state index contributed by atoms with van der Waals surface area (Å²) in [6.07, 6.45) is -1.90.